The minimum Gasteiger partial charge on any atom is -0.493 e. The van der Waals surface area contributed by atoms with Crippen molar-refractivity contribution in [2.24, 2.45) is 0 Å². The molecule has 7 heteroatoms. The number of aliphatic hydroxyl groups is 1. The fourth-order valence-corrected chi connectivity index (χ4v) is 3.75. The number of aliphatic hydroxyl groups excluding tert-OH is 1. The molecule has 2 N–H and O–H groups in total. The number of pyridine rings is 1. The van der Waals surface area contributed by atoms with Crippen molar-refractivity contribution in [2.75, 3.05) is 24.3 Å². The third-order valence-electron chi connectivity index (χ3n) is 4.66. The van der Waals surface area contributed by atoms with Crippen LogP contribution in [0.1, 0.15) is 16.0 Å². The number of anilines is 1. The number of hydrogen-bond donors (Lipinski definition) is 2. The van der Waals surface area contributed by atoms with Gasteiger partial charge in [0, 0.05) is 35.8 Å². The number of ether oxygens (including phenoxy) is 1. The molecule has 3 rings (SSSR count). The van der Waals surface area contributed by atoms with Gasteiger partial charge < -0.3 is 19.7 Å². The van der Waals surface area contributed by atoms with Gasteiger partial charge in [0.2, 0.25) is 0 Å². The zero-order valence-corrected chi connectivity index (χ0v) is 17.9. The third-order valence-corrected chi connectivity index (χ3v) is 5.95. The highest BCUT2D eigenvalue weighted by Crippen LogP contribution is 2.20. The summed E-state index contributed by atoms with van der Waals surface area (Å²) in [4.78, 5) is 13.8. The van der Waals surface area contributed by atoms with E-state index in [0.29, 0.717) is 25.4 Å². The second-order valence-corrected chi connectivity index (χ2v) is 8.13. The highest BCUT2D eigenvalue weighted by molar-refractivity contribution is 7.09. The first-order chi connectivity index (χ1) is 14.1. The molecule has 0 radical (unpaired) electrons. The lowest BCUT2D eigenvalue weighted by atomic mass is 10.1. The molecule has 0 aliphatic rings. The molecule has 0 aliphatic heterocycles. The molecule has 5 nitrogen and oxygen atoms in total. The van der Waals surface area contributed by atoms with Gasteiger partial charge in [-0.2, -0.15) is 0 Å². The molecule has 0 aliphatic carbocycles. The molecule has 0 spiro atoms. The second kappa shape index (κ2) is 10.5. The van der Waals surface area contributed by atoms with Gasteiger partial charge >= 0.3 is 0 Å². The van der Waals surface area contributed by atoms with Crippen LogP contribution in [-0.4, -0.2) is 34.8 Å². The molecule has 3 aromatic rings. The number of benzene rings is 1. The van der Waals surface area contributed by atoms with Crippen molar-refractivity contribution < 1.29 is 9.84 Å². The summed E-state index contributed by atoms with van der Waals surface area (Å²) in [6.45, 7) is 3.39. The van der Waals surface area contributed by atoms with E-state index >= 15 is 0 Å². The topological polar surface area (TPSA) is 63.5 Å². The molecule has 0 fully saturated rings. The predicted octanol–water partition coefficient (Wildman–Crippen LogP) is 3.90. The minimum absolute atomic E-state index is 0.103. The minimum atomic E-state index is -0.602. The number of nitrogens with one attached hydrogen (secondary N) is 1. The molecule has 0 saturated heterocycles. The number of alkyl halides is 1. The standard InChI is InChI=1S/C22H25ClN2O3S/c1-16-17(4-2-6-21(16)24-14-18(26)13-23)15-25-9-7-19(12-22(25)27)28-10-8-20-5-3-11-29-20/h2-7,9,11-12,18,24,26H,8,10,13-15H2,1H3. The van der Waals surface area contributed by atoms with Crippen LogP contribution in [0.15, 0.2) is 58.8 Å². The maximum absolute atomic E-state index is 12.5. The van der Waals surface area contributed by atoms with Crippen molar-refractivity contribution in [1.82, 2.24) is 4.57 Å². The Hall–Kier alpha value is -2.28. The normalized spacial score (nSPS) is 12.0. The summed E-state index contributed by atoms with van der Waals surface area (Å²) in [5.41, 5.74) is 2.89. The van der Waals surface area contributed by atoms with Crippen LogP contribution in [-0.2, 0) is 13.0 Å². The van der Waals surface area contributed by atoms with E-state index in [2.05, 4.69) is 11.4 Å². The van der Waals surface area contributed by atoms with Crippen molar-refractivity contribution >= 4 is 28.6 Å². The maximum atomic E-state index is 12.5. The molecule has 29 heavy (non-hydrogen) atoms. The zero-order valence-electron chi connectivity index (χ0n) is 16.3. The highest BCUT2D eigenvalue weighted by Gasteiger charge is 2.08. The Morgan fingerprint density at radius 1 is 1.28 bits per heavy atom. The average molecular weight is 433 g/mol. The first kappa shape index (κ1) is 21.4. The Kier molecular flexibility index (Phi) is 7.75. The van der Waals surface area contributed by atoms with E-state index in [4.69, 9.17) is 16.3 Å². The number of halogens is 1. The summed E-state index contributed by atoms with van der Waals surface area (Å²) in [6, 6.07) is 13.3. The van der Waals surface area contributed by atoms with Crippen LogP contribution in [0.25, 0.3) is 0 Å². The Bertz CT molecular complexity index is 972. The fourth-order valence-electron chi connectivity index (χ4n) is 2.95. The second-order valence-electron chi connectivity index (χ2n) is 6.79. The van der Waals surface area contributed by atoms with Crippen LogP contribution >= 0.6 is 22.9 Å². The smallest absolute Gasteiger partial charge is 0.254 e. The molecule has 154 valence electrons. The van der Waals surface area contributed by atoms with E-state index in [1.807, 2.05) is 42.6 Å². The number of rotatable bonds is 10. The number of hydrogen-bond acceptors (Lipinski definition) is 5. The summed E-state index contributed by atoms with van der Waals surface area (Å²) < 4.78 is 7.38. The number of nitrogens with zero attached hydrogens (tertiary/aromatic N) is 1. The average Bonchev–Trinajstić information content (AvgIpc) is 3.23. The molecular weight excluding hydrogens is 408 g/mol. The van der Waals surface area contributed by atoms with E-state index in [-0.39, 0.29) is 11.4 Å². The van der Waals surface area contributed by atoms with Gasteiger partial charge in [0.1, 0.15) is 5.75 Å². The third kappa shape index (κ3) is 6.10. The zero-order chi connectivity index (χ0) is 20.6. The van der Waals surface area contributed by atoms with Gasteiger partial charge in [-0.25, -0.2) is 0 Å². The number of aromatic nitrogens is 1. The fraction of sp³-hybridized carbons (Fsp3) is 0.318. The first-order valence-electron chi connectivity index (χ1n) is 9.49. The SMILES string of the molecule is Cc1c(Cn2ccc(OCCc3cccs3)cc2=O)cccc1NCC(O)CCl. The van der Waals surface area contributed by atoms with Crippen molar-refractivity contribution in [3.05, 3.63) is 80.4 Å². The molecule has 1 atom stereocenters. The lowest BCUT2D eigenvalue weighted by Crippen LogP contribution is -2.22. The van der Waals surface area contributed by atoms with Crippen LogP contribution in [0.4, 0.5) is 5.69 Å². The van der Waals surface area contributed by atoms with E-state index in [1.54, 1.807) is 22.1 Å². The summed E-state index contributed by atoms with van der Waals surface area (Å²) in [5.74, 6) is 0.771. The van der Waals surface area contributed by atoms with Crippen molar-refractivity contribution in [2.45, 2.75) is 26.0 Å². The van der Waals surface area contributed by atoms with Crippen molar-refractivity contribution in [3.8, 4) is 5.75 Å². The number of thiophene rings is 1. The van der Waals surface area contributed by atoms with Gasteiger partial charge in [-0.1, -0.05) is 18.2 Å². The molecule has 0 bridgehead atoms. The Morgan fingerprint density at radius 2 is 2.14 bits per heavy atom. The lowest BCUT2D eigenvalue weighted by molar-refractivity contribution is 0.211. The van der Waals surface area contributed by atoms with Crippen LogP contribution in [0.3, 0.4) is 0 Å². The summed E-state index contributed by atoms with van der Waals surface area (Å²) >= 11 is 7.35. The van der Waals surface area contributed by atoms with Crippen LogP contribution in [0.5, 0.6) is 5.75 Å². The highest BCUT2D eigenvalue weighted by atomic mass is 35.5. The maximum Gasteiger partial charge on any atom is 0.254 e. The van der Waals surface area contributed by atoms with Gasteiger partial charge in [0.25, 0.3) is 5.56 Å². The quantitative estimate of drug-likeness (QED) is 0.477. The molecule has 0 saturated carbocycles. The molecule has 2 heterocycles. The molecule has 2 aromatic heterocycles. The summed E-state index contributed by atoms with van der Waals surface area (Å²) in [6.07, 6.45) is 1.99. The van der Waals surface area contributed by atoms with Gasteiger partial charge in [0.05, 0.1) is 25.1 Å². The van der Waals surface area contributed by atoms with Gasteiger partial charge in [-0.05, 0) is 41.6 Å². The van der Waals surface area contributed by atoms with E-state index < -0.39 is 6.10 Å². The van der Waals surface area contributed by atoms with Crippen molar-refractivity contribution in [1.29, 1.82) is 0 Å². The van der Waals surface area contributed by atoms with E-state index in [0.717, 1.165) is 23.2 Å². The molecular formula is C22H25ClN2O3S. The predicted molar refractivity (Wildman–Crippen MR) is 120 cm³/mol. The molecule has 1 aromatic carbocycles. The first-order valence-corrected chi connectivity index (χ1v) is 10.9. The van der Waals surface area contributed by atoms with Crippen LogP contribution < -0.4 is 15.6 Å². The van der Waals surface area contributed by atoms with Crippen LogP contribution in [0, 0.1) is 6.92 Å². The Balaban J connectivity index is 1.63. The Labute approximate surface area is 179 Å². The molecule has 1 unspecified atom stereocenters. The lowest BCUT2D eigenvalue weighted by Gasteiger charge is -2.16. The van der Waals surface area contributed by atoms with Crippen LogP contribution in [0.2, 0.25) is 0 Å². The van der Waals surface area contributed by atoms with E-state index in [1.165, 1.54) is 10.9 Å². The molecule has 0 amide bonds. The summed E-state index contributed by atoms with van der Waals surface area (Å²) in [7, 11) is 0. The van der Waals surface area contributed by atoms with Gasteiger partial charge in [0.15, 0.2) is 0 Å². The Morgan fingerprint density at radius 3 is 2.86 bits per heavy atom. The van der Waals surface area contributed by atoms with Gasteiger partial charge in [-0.15, -0.1) is 22.9 Å². The van der Waals surface area contributed by atoms with Gasteiger partial charge in [-0.3, -0.25) is 4.79 Å². The largest absolute Gasteiger partial charge is 0.493 e. The summed E-state index contributed by atoms with van der Waals surface area (Å²) in [5, 5.41) is 14.9. The van der Waals surface area contributed by atoms with Crippen molar-refractivity contribution in [3.63, 3.8) is 0 Å². The monoisotopic (exact) mass is 432 g/mol. The van der Waals surface area contributed by atoms with E-state index in [9.17, 15) is 9.90 Å².